The molecule has 2 fully saturated rings. The van der Waals surface area contributed by atoms with E-state index >= 15 is 0 Å². The van der Waals surface area contributed by atoms with Crippen molar-refractivity contribution in [2.75, 3.05) is 19.6 Å². The van der Waals surface area contributed by atoms with E-state index in [4.69, 9.17) is 0 Å². The molecule has 2 aliphatic rings. The monoisotopic (exact) mass is 366 g/mol. The molecular formula is C21H26N4O2. The molecule has 142 valence electrons. The maximum Gasteiger partial charge on any atom is 0.270 e. The van der Waals surface area contributed by atoms with Gasteiger partial charge in [-0.2, -0.15) is 0 Å². The molecule has 2 amide bonds. The van der Waals surface area contributed by atoms with Gasteiger partial charge in [-0.3, -0.25) is 14.6 Å². The lowest BCUT2D eigenvalue weighted by atomic mass is 9.73. The van der Waals surface area contributed by atoms with Gasteiger partial charge in [-0.1, -0.05) is 0 Å². The first-order valence-electron chi connectivity index (χ1n) is 9.64. The van der Waals surface area contributed by atoms with Crippen LogP contribution in [0.4, 0.5) is 0 Å². The zero-order valence-electron chi connectivity index (χ0n) is 15.8. The second kappa shape index (κ2) is 7.18. The Morgan fingerprint density at radius 3 is 2.74 bits per heavy atom. The lowest BCUT2D eigenvalue weighted by molar-refractivity contribution is -0.139. The van der Waals surface area contributed by atoms with Crippen molar-refractivity contribution in [3.05, 3.63) is 54.1 Å². The summed E-state index contributed by atoms with van der Waals surface area (Å²) in [6, 6.07) is 7.70. The van der Waals surface area contributed by atoms with Gasteiger partial charge in [-0.25, -0.2) is 0 Å². The predicted molar refractivity (Wildman–Crippen MR) is 102 cm³/mol. The molecule has 1 spiro atoms. The van der Waals surface area contributed by atoms with Crippen LogP contribution in [0.2, 0.25) is 0 Å². The summed E-state index contributed by atoms with van der Waals surface area (Å²) in [5, 5.41) is 0. The summed E-state index contributed by atoms with van der Waals surface area (Å²) >= 11 is 0. The number of nitrogens with zero attached hydrogens (tertiary/aromatic N) is 4. The molecule has 0 aromatic carbocycles. The molecular weight excluding hydrogens is 340 g/mol. The molecule has 2 saturated heterocycles. The number of likely N-dealkylation sites (tertiary alicyclic amines) is 2. The van der Waals surface area contributed by atoms with Crippen molar-refractivity contribution in [1.29, 1.82) is 0 Å². The Morgan fingerprint density at radius 2 is 2.00 bits per heavy atom. The van der Waals surface area contributed by atoms with Gasteiger partial charge in [0.2, 0.25) is 5.91 Å². The zero-order chi connectivity index (χ0) is 18.9. The Morgan fingerprint density at radius 1 is 1.19 bits per heavy atom. The van der Waals surface area contributed by atoms with Gasteiger partial charge >= 0.3 is 0 Å². The number of piperidine rings is 2. The van der Waals surface area contributed by atoms with Gasteiger partial charge in [-0.05, 0) is 49.1 Å². The lowest BCUT2D eigenvalue weighted by Gasteiger charge is -2.48. The number of pyridine rings is 1. The van der Waals surface area contributed by atoms with E-state index in [0.717, 1.165) is 50.2 Å². The Labute approximate surface area is 159 Å². The summed E-state index contributed by atoms with van der Waals surface area (Å²) in [6.45, 7) is 2.88. The minimum Gasteiger partial charge on any atom is -0.347 e. The number of carbonyl (C=O) groups is 2. The van der Waals surface area contributed by atoms with Crippen LogP contribution in [0, 0.1) is 5.41 Å². The average Bonchev–Trinajstić information content (AvgIpc) is 3.11. The maximum absolute atomic E-state index is 13.0. The van der Waals surface area contributed by atoms with Crippen LogP contribution >= 0.6 is 0 Å². The molecule has 4 rings (SSSR count). The van der Waals surface area contributed by atoms with Gasteiger partial charge in [0, 0.05) is 63.7 Å². The SMILES string of the molecule is Cn1cccc1C(=O)N1CCCC2(CCC(=O)N(Cc3ccncc3)C2)C1. The second-order valence-electron chi connectivity index (χ2n) is 7.94. The van der Waals surface area contributed by atoms with E-state index < -0.39 is 0 Å². The van der Waals surface area contributed by atoms with Gasteiger partial charge in [0.25, 0.3) is 5.91 Å². The highest BCUT2D eigenvalue weighted by Gasteiger charge is 2.43. The number of hydrogen-bond donors (Lipinski definition) is 0. The van der Waals surface area contributed by atoms with E-state index in [1.54, 1.807) is 12.4 Å². The third-order valence-electron chi connectivity index (χ3n) is 5.98. The molecule has 0 saturated carbocycles. The average molecular weight is 366 g/mol. The molecule has 27 heavy (non-hydrogen) atoms. The van der Waals surface area contributed by atoms with Crippen LogP contribution in [0.3, 0.4) is 0 Å². The summed E-state index contributed by atoms with van der Waals surface area (Å²) in [5.74, 6) is 0.308. The van der Waals surface area contributed by atoms with E-state index in [1.807, 2.05) is 51.9 Å². The van der Waals surface area contributed by atoms with Crippen LogP contribution in [-0.2, 0) is 18.4 Å². The van der Waals surface area contributed by atoms with E-state index in [2.05, 4.69) is 4.98 Å². The molecule has 0 N–H and O–H groups in total. The third kappa shape index (κ3) is 3.61. The Bertz CT molecular complexity index is 832. The minimum absolute atomic E-state index is 0.0139. The summed E-state index contributed by atoms with van der Waals surface area (Å²) in [4.78, 5) is 33.5. The van der Waals surface area contributed by atoms with E-state index in [1.165, 1.54) is 0 Å². The normalized spacial score (nSPS) is 23.1. The zero-order valence-corrected chi connectivity index (χ0v) is 15.8. The van der Waals surface area contributed by atoms with Gasteiger partial charge in [-0.15, -0.1) is 0 Å². The molecule has 0 radical (unpaired) electrons. The highest BCUT2D eigenvalue weighted by atomic mass is 16.2. The predicted octanol–water partition coefficient (Wildman–Crippen LogP) is 2.47. The van der Waals surface area contributed by atoms with Crippen LogP contribution in [0.1, 0.15) is 41.7 Å². The van der Waals surface area contributed by atoms with Crippen molar-refractivity contribution >= 4 is 11.8 Å². The van der Waals surface area contributed by atoms with Crippen LogP contribution < -0.4 is 0 Å². The van der Waals surface area contributed by atoms with Crippen LogP contribution in [0.15, 0.2) is 42.9 Å². The van der Waals surface area contributed by atoms with Gasteiger partial charge < -0.3 is 14.4 Å². The van der Waals surface area contributed by atoms with Crippen LogP contribution in [-0.4, -0.2) is 50.8 Å². The molecule has 1 atom stereocenters. The number of rotatable bonds is 3. The Balaban J connectivity index is 1.49. The lowest BCUT2D eigenvalue weighted by Crippen LogP contribution is -2.55. The molecule has 2 aromatic rings. The van der Waals surface area contributed by atoms with Crippen molar-refractivity contribution in [3.63, 3.8) is 0 Å². The van der Waals surface area contributed by atoms with Crippen LogP contribution in [0.5, 0.6) is 0 Å². The number of hydrogen-bond acceptors (Lipinski definition) is 3. The molecule has 1 unspecified atom stereocenters. The fourth-order valence-corrected chi connectivity index (χ4v) is 4.51. The fraction of sp³-hybridized carbons (Fsp3) is 0.476. The first-order chi connectivity index (χ1) is 13.1. The summed E-state index contributed by atoms with van der Waals surface area (Å²) in [7, 11) is 1.91. The van der Waals surface area contributed by atoms with Gasteiger partial charge in [0.1, 0.15) is 5.69 Å². The van der Waals surface area contributed by atoms with E-state index in [9.17, 15) is 9.59 Å². The maximum atomic E-state index is 13.0. The van der Waals surface area contributed by atoms with Crippen molar-refractivity contribution in [2.45, 2.75) is 32.2 Å². The van der Waals surface area contributed by atoms with Crippen molar-refractivity contribution in [3.8, 4) is 0 Å². The largest absolute Gasteiger partial charge is 0.347 e. The highest BCUT2D eigenvalue weighted by Crippen LogP contribution is 2.39. The molecule has 4 heterocycles. The summed E-state index contributed by atoms with van der Waals surface area (Å²) in [6.07, 6.45) is 8.94. The molecule has 0 aliphatic carbocycles. The van der Waals surface area contributed by atoms with Crippen LogP contribution in [0.25, 0.3) is 0 Å². The third-order valence-corrected chi connectivity index (χ3v) is 5.98. The van der Waals surface area contributed by atoms with E-state index in [0.29, 0.717) is 13.0 Å². The molecule has 6 heteroatoms. The van der Waals surface area contributed by atoms with E-state index in [-0.39, 0.29) is 17.2 Å². The number of aromatic nitrogens is 2. The Hall–Kier alpha value is -2.63. The van der Waals surface area contributed by atoms with Gasteiger partial charge in [0.05, 0.1) is 0 Å². The summed E-state index contributed by atoms with van der Waals surface area (Å²) in [5.41, 5.74) is 1.84. The second-order valence-corrected chi connectivity index (χ2v) is 7.94. The van der Waals surface area contributed by atoms with Crippen molar-refractivity contribution < 1.29 is 9.59 Å². The smallest absolute Gasteiger partial charge is 0.270 e. The molecule has 2 aliphatic heterocycles. The quantitative estimate of drug-likeness (QED) is 0.838. The first-order valence-corrected chi connectivity index (χ1v) is 9.64. The van der Waals surface area contributed by atoms with Gasteiger partial charge in [0.15, 0.2) is 0 Å². The van der Waals surface area contributed by atoms with Crippen molar-refractivity contribution in [2.24, 2.45) is 12.5 Å². The molecule has 0 bridgehead atoms. The fourth-order valence-electron chi connectivity index (χ4n) is 4.51. The first kappa shape index (κ1) is 17.8. The number of amides is 2. The summed E-state index contributed by atoms with van der Waals surface area (Å²) < 4.78 is 1.88. The standard InChI is InChI=1S/C21H26N4O2/c1-23-12-2-4-18(23)20(27)24-13-3-8-21(15-24)9-5-19(26)25(16-21)14-17-6-10-22-11-7-17/h2,4,6-7,10-12H,3,5,8-9,13-16H2,1H3. The highest BCUT2D eigenvalue weighted by molar-refractivity contribution is 5.92. The molecule has 6 nitrogen and oxygen atoms in total. The number of aryl methyl sites for hydroxylation is 1. The minimum atomic E-state index is 0.0139. The van der Waals surface area contributed by atoms with Crippen molar-refractivity contribution in [1.82, 2.24) is 19.4 Å². The number of carbonyl (C=O) groups excluding carboxylic acids is 2. The topological polar surface area (TPSA) is 58.4 Å². The molecule has 2 aromatic heterocycles. The Kier molecular flexibility index (Phi) is 4.72.